The second kappa shape index (κ2) is 3.58. The first-order valence-corrected chi connectivity index (χ1v) is 6.72. The van der Waals surface area contributed by atoms with E-state index in [2.05, 4.69) is 35.1 Å². The van der Waals surface area contributed by atoms with Crippen molar-refractivity contribution in [2.75, 3.05) is 0 Å². The zero-order valence-electron chi connectivity index (χ0n) is 10.6. The Balaban J connectivity index is 2.15. The van der Waals surface area contributed by atoms with Crippen molar-refractivity contribution in [2.45, 2.75) is 32.6 Å². The van der Waals surface area contributed by atoms with Gasteiger partial charge in [0, 0.05) is 22.7 Å². The molecule has 0 bridgehead atoms. The molecule has 2 heteroatoms. The van der Waals surface area contributed by atoms with Crippen LogP contribution in [0.3, 0.4) is 0 Å². The van der Waals surface area contributed by atoms with Gasteiger partial charge in [0.25, 0.3) is 0 Å². The van der Waals surface area contributed by atoms with Gasteiger partial charge in [-0.25, -0.2) is 0 Å². The van der Waals surface area contributed by atoms with Crippen LogP contribution in [0.2, 0.25) is 0 Å². The number of aromatic nitrogens is 2. The summed E-state index contributed by atoms with van der Waals surface area (Å²) in [6, 6.07) is 6.49. The van der Waals surface area contributed by atoms with Crippen LogP contribution >= 0.6 is 0 Å². The number of fused-ring (bicyclic) bond motifs is 5. The third-order valence-electron chi connectivity index (χ3n) is 4.09. The molecule has 0 unspecified atom stereocenters. The molecule has 1 N–H and O–H groups in total. The molecule has 0 amide bonds. The fourth-order valence-corrected chi connectivity index (χ4v) is 3.16. The molecule has 0 spiro atoms. The van der Waals surface area contributed by atoms with Crippen molar-refractivity contribution in [1.82, 2.24) is 9.97 Å². The number of hydrogen-bond donors (Lipinski definition) is 1. The predicted octanol–water partition coefficient (Wildman–Crippen LogP) is 3.90. The molecular formula is C16H16N2. The maximum absolute atomic E-state index is 4.61. The van der Waals surface area contributed by atoms with Crippen LogP contribution in [0.25, 0.3) is 21.8 Å². The highest BCUT2D eigenvalue weighted by Gasteiger charge is 2.16. The van der Waals surface area contributed by atoms with E-state index in [1.165, 1.54) is 58.8 Å². The fraction of sp³-hybridized carbons (Fsp3) is 0.312. The number of benzene rings is 1. The molecule has 0 saturated heterocycles. The Morgan fingerprint density at radius 3 is 2.94 bits per heavy atom. The molecule has 0 fully saturated rings. The highest BCUT2D eigenvalue weighted by molar-refractivity contribution is 6.05. The minimum absolute atomic E-state index is 1.09. The molecule has 3 aromatic rings. The average molecular weight is 236 g/mol. The molecule has 4 rings (SSSR count). The minimum Gasteiger partial charge on any atom is -0.358 e. The summed E-state index contributed by atoms with van der Waals surface area (Å²) in [4.78, 5) is 8.26. The van der Waals surface area contributed by atoms with E-state index in [1.807, 2.05) is 6.20 Å². The van der Waals surface area contributed by atoms with Gasteiger partial charge in [-0.15, -0.1) is 0 Å². The molecule has 0 atom stereocenters. The molecule has 2 nitrogen and oxygen atoms in total. The summed E-state index contributed by atoms with van der Waals surface area (Å²) >= 11 is 0. The van der Waals surface area contributed by atoms with E-state index in [0.717, 1.165) is 5.52 Å². The highest BCUT2D eigenvalue weighted by atomic mass is 14.8. The second-order valence-electron chi connectivity index (χ2n) is 5.36. The van der Waals surface area contributed by atoms with E-state index < -0.39 is 0 Å². The summed E-state index contributed by atoms with van der Waals surface area (Å²) in [5, 5.41) is 2.60. The second-order valence-corrected chi connectivity index (χ2v) is 5.36. The van der Waals surface area contributed by atoms with E-state index in [4.69, 9.17) is 0 Å². The van der Waals surface area contributed by atoms with Gasteiger partial charge < -0.3 is 4.98 Å². The number of aromatic amines is 1. The molecule has 90 valence electrons. The molecule has 1 aromatic carbocycles. The van der Waals surface area contributed by atoms with Gasteiger partial charge in [0.15, 0.2) is 0 Å². The zero-order chi connectivity index (χ0) is 12.1. The Labute approximate surface area is 106 Å². The average Bonchev–Trinajstić information content (AvgIpc) is 2.78. The molecular weight excluding hydrogens is 220 g/mol. The van der Waals surface area contributed by atoms with Gasteiger partial charge in [-0.2, -0.15) is 0 Å². The van der Waals surface area contributed by atoms with E-state index >= 15 is 0 Å². The minimum atomic E-state index is 1.09. The van der Waals surface area contributed by atoms with E-state index in [1.54, 1.807) is 0 Å². The van der Waals surface area contributed by atoms with Gasteiger partial charge in [-0.1, -0.05) is 11.6 Å². The zero-order valence-corrected chi connectivity index (χ0v) is 10.6. The van der Waals surface area contributed by atoms with Gasteiger partial charge >= 0.3 is 0 Å². The van der Waals surface area contributed by atoms with Gasteiger partial charge in [0.2, 0.25) is 0 Å². The van der Waals surface area contributed by atoms with Gasteiger partial charge in [0.05, 0.1) is 11.0 Å². The summed E-state index contributed by atoms with van der Waals surface area (Å²) in [7, 11) is 0. The number of H-pyrrole nitrogens is 1. The summed E-state index contributed by atoms with van der Waals surface area (Å²) in [5.41, 5.74) is 6.62. The number of aryl methyl sites for hydroxylation is 3. The maximum Gasteiger partial charge on any atom is 0.0723 e. The first-order valence-electron chi connectivity index (χ1n) is 6.72. The number of nitrogens with zero attached hydrogens (tertiary/aromatic N) is 1. The number of pyridine rings is 1. The lowest BCUT2D eigenvalue weighted by atomic mass is 9.96. The van der Waals surface area contributed by atoms with E-state index in [0.29, 0.717) is 0 Å². The highest BCUT2D eigenvalue weighted by Crippen LogP contribution is 2.32. The number of hydrogen-bond acceptors (Lipinski definition) is 1. The molecule has 1 aliphatic carbocycles. The van der Waals surface area contributed by atoms with Crippen molar-refractivity contribution in [2.24, 2.45) is 0 Å². The lowest BCUT2D eigenvalue weighted by Gasteiger charge is -2.10. The van der Waals surface area contributed by atoms with Gasteiger partial charge in [-0.3, -0.25) is 4.98 Å². The molecule has 0 aliphatic heterocycles. The SMILES string of the molecule is Cc1ccc2ncc3c4c([nH]c3c2c1)CCCC4. The smallest absolute Gasteiger partial charge is 0.0723 e. The molecule has 2 heterocycles. The van der Waals surface area contributed by atoms with Crippen LogP contribution in [-0.2, 0) is 12.8 Å². The third-order valence-corrected chi connectivity index (χ3v) is 4.09. The van der Waals surface area contributed by atoms with Crippen LogP contribution in [0.15, 0.2) is 24.4 Å². The van der Waals surface area contributed by atoms with E-state index in [9.17, 15) is 0 Å². The van der Waals surface area contributed by atoms with Gasteiger partial charge in [0.1, 0.15) is 0 Å². The maximum atomic E-state index is 4.61. The first kappa shape index (κ1) is 10.1. The Hall–Kier alpha value is -1.83. The van der Waals surface area contributed by atoms with Crippen LogP contribution in [-0.4, -0.2) is 9.97 Å². The Kier molecular flexibility index (Phi) is 2.01. The predicted molar refractivity (Wildman–Crippen MR) is 75.0 cm³/mol. The van der Waals surface area contributed by atoms with Crippen molar-refractivity contribution >= 4 is 21.8 Å². The summed E-state index contributed by atoms with van der Waals surface area (Å²) in [6.07, 6.45) is 7.06. The topological polar surface area (TPSA) is 28.7 Å². The number of nitrogens with one attached hydrogen (secondary N) is 1. The van der Waals surface area contributed by atoms with E-state index in [-0.39, 0.29) is 0 Å². The quantitative estimate of drug-likeness (QED) is 0.630. The van der Waals surface area contributed by atoms with Crippen LogP contribution in [0.1, 0.15) is 29.7 Å². The molecule has 1 aliphatic rings. The third kappa shape index (κ3) is 1.32. The molecule has 2 aromatic heterocycles. The fourth-order valence-electron chi connectivity index (χ4n) is 3.16. The van der Waals surface area contributed by atoms with Crippen LogP contribution in [0.4, 0.5) is 0 Å². The summed E-state index contributed by atoms with van der Waals surface area (Å²) in [5.74, 6) is 0. The first-order chi connectivity index (χ1) is 8.83. The van der Waals surface area contributed by atoms with Crippen LogP contribution in [0, 0.1) is 6.92 Å². The lowest BCUT2D eigenvalue weighted by Crippen LogP contribution is -1.99. The number of rotatable bonds is 0. The Bertz CT molecular complexity index is 752. The molecule has 18 heavy (non-hydrogen) atoms. The van der Waals surface area contributed by atoms with Crippen molar-refractivity contribution in [3.8, 4) is 0 Å². The standard InChI is InChI=1S/C16H16N2/c1-10-6-7-14-12(8-10)16-13(9-17-14)11-4-2-3-5-15(11)18-16/h6-9,18H,2-5H2,1H3. The van der Waals surface area contributed by atoms with Crippen LogP contribution < -0.4 is 0 Å². The van der Waals surface area contributed by atoms with Crippen molar-refractivity contribution in [1.29, 1.82) is 0 Å². The lowest BCUT2D eigenvalue weighted by molar-refractivity contribution is 0.680. The van der Waals surface area contributed by atoms with Crippen LogP contribution in [0.5, 0.6) is 0 Å². The summed E-state index contributed by atoms with van der Waals surface area (Å²) in [6.45, 7) is 2.14. The molecule has 0 radical (unpaired) electrons. The summed E-state index contributed by atoms with van der Waals surface area (Å²) < 4.78 is 0. The Morgan fingerprint density at radius 1 is 1.11 bits per heavy atom. The van der Waals surface area contributed by atoms with Gasteiger partial charge in [-0.05, 0) is 50.3 Å². The van der Waals surface area contributed by atoms with Crippen molar-refractivity contribution in [3.05, 3.63) is 41.2 Å². The monoisotopic (exact) mass is 236 g/mol. The van der Waals surface area contributed by atoms with Crippen molar-refractivity contribution in [3.63, 3.8) is 0 Å². The van der Waals surface area contributed by atoms with Crippen molar-refractivity contribution < 1.29 is 0 Å². The molecule has 0 saturated carbocycles. The normalized spacial score (nSPS) is 15.2. The Morgan fingerprint density at radius 2 is 2.00 bits per heavy atom. The largest absolute Gasteiger partial charge is 0.358 e.